The van der Waals surface area contributed by atoms with Crippen LogP contribution < -0.4 is 10.3 Å². The number of methoxy groups -OCH3 is 1. The molecule has 2 rings (SSSR count). The molecule has 0 atom stereocenters. The smallest absolute Gasteiger partial charge is 0.274 e. The van der Waals surface area contributed by atoms with Crippen LogP contribution in [0.2, 0.25) is 10.2 Å². The highest BCUT2D eigenvalue weighted by molar-refractivity contribution is 6.40. The number of aromatic nitrogens is 3. The molecular formula is C12H11Cl2N3O2. The van der Waals surface area contributed by atoms with Crippen molar-refractivity contribution in [3.8, 4) is 5.75 Å². The van der Waals surface area contributed by atoms with Crippen LogP contribution in [0.15, 0.2) is 23.3 Å². The van der Waals surface area contributed by atoms with Gasteiger partial charge >= 0.3 is 0 Å². The quantitative estimate of drug-likeness (QED) is 0.816. The minimum absolute atomic E-state index is 0.00213. The number of ether oxygens (including phenoxy) is 1. The van der Waals surface area contributed by atoms with Crippen molar-refractivity contribution in [3.63, 3.8) is 0 Å². The highest BCUT2D eigenvalue weighted by atomic mass is 35.5. The Morgan fingerprint density at radius 2 is 2.11 bits per heavy atom. The molecule has 5 nitrogen and oxygen atoms in total. The zero-order valence-electron chi connectivity index (χ0n) is 10.4. The highest BCUT2D eigenvalue weighted by Crippen LogP contribution is 2.15. The van der Waals surface area contributed by atoms with E-state index in [1.165, 1.54) is 10.9 Å². The molecule has 0 bridgehead atoms. The molecule has 100 valence electrons. The van der Waals surface area contributed by atoms with Gasteiger partial charge in [-0.2, -0.15) is 0 Å². The SMILES string of the molecule is COc1cc(C)nc(Cn2cnc(Cl)c(Cl)c2=O)c1. The monoisotopic (exact) mass is 299 g/mol. The summed E-state index contributed by atoms with van der Waals surface area (Å²) in [6, 6.07) is 3.56. The van der Waals surface area contributed by atoms with Gasteiger partial charge < -0.3 is 4.74 Å². The Morgan fingerprint density at radius 3 is 2.79 bits per heavy atom. The maximum Gasteiger partial charge on any atom is 0.274 e. The van der Waals surface area contributed by atoms with Crippen LogP contribution >= 0.6 is 23.2 Å². The highest BCUT2D eigenvalue weighted by Gasteiger charge is 2.09. The van der Waals surface area contributed by atoms with E-state index in [0.717, 1.165) is 5.69 Å². The molecule has 2 heterocycles. The molecule has 0 unspecified atom stereocenters. The fourth-order valence-corrected chi connectivity index (χ4v) is 1.91. The van der Waals surface area contributed by atoms with Gasteiger partial charge in [-0.1, -0.05) is 23.2 Å². The van der Waals surface area contributed by atoms with Crippen molar-refractivity contribution in [3.05, 3.63) is 50.4 Å². The van der Waals surface area contributed by atoms with Gasteiger partial charge in [-0.25, -0.2) is 4.98 Å². The molecule has 0 spiro atoms. The summed E-state index contributed by atoms with van der Waals surface area (Å²) in [5, 5.41) is -0.0958. The first-order valence-corrected chi connectivity index (χ1v) is 6.19. The minimum atomic E-state index is -0.399. The maximum absolute atomic E-state index is 11.9. The summed E-state index contributed by atoms with van der Waals surface area (Å²) in [4.78, 5) is 20.0. The van der Waals surface area contributed by atoms with Gasteiger partial charge in [0.2, 0.25) is 0 Å². The molecular weight excluding hydrogens is 289 g/mol. The predicted octanol–water partition coefficient (Wildman–Crippen LogP) is 2.31. The predicted molar refractivity (Wildman–Crippen MR) is 73.1 cm³/mol. The van der Waals surface area contributed by atoms with Crippen LogP contribution in [0.1, 0.15) is 11.4 Å². The fourth-order valence-electron chi connectivity index (χ4n) is 1.63. The number of nitrogens with zero attached hydrogens (tertiary/aromatic N) is 3. The van der Waals surface area contributed by atoms with Crippen LogP contribution in [0.4, 0.5) is 0 Å². The molecule has 0 aliphatic heterocycles. The van der Waals surface area contributed by atoms with Gasteiger partial charge in [0.1, 0.15) is 10.8 Å². The van der Waals surface area contributed by atoms with Crippen LogP contribution in [-0.4, -0.2) is 21.6 Å². The average molecular weight is 300 g/mol. The summed E-state index contributed by atoms with van der Waals surface area (Å²) in [5.41, 5.74) is 1.08. The standard InChI is InChI=1S/C12H11Cl2N3O2/c1-7-3-9(19-2)4-8(16-7)5-17-6-15-11(14)10(13)12(17)18/h3-4,6H,5H2,1-2H3. The van der Waals surface area contributed by atoms with Crippen LogP contribution in [0.25, 0.3) is 0 Å². The van der Waals surface area contributed by atoms with Crippen molar-refractivity contribution in [1.82, 2.24) is 14.5 Å². The van der Waals surface area contributed by atoms with E-state index in [-0.39, 0.29) is 16.7 Å². The molecule has 7 heteroatoms. The first kappa shape index (κ1) is 13.8. The van der Waals surface area contributed by atoms with Gasteiger partial charge in [0.25, 0.3) is 5.56 Å². The fraction of sp³-hybridized carbons (Fsp3) is 0.250. The van der Waals surface area contributed by atoms with Gasteiger partial charge in [-0.15, -0.1) is 0 Å². The summed E-state index contributed by atoms with van der Waals surface area (Å²) in [6.45, 7) is 2.10. The Balaban J connectivity index is 2.39. The Hall–Kier alpha value is -1.59. The van der Waals surface area contributed by atoms with E-state index >= 15 is 0 Å². The third-order valence-corrected chi connectivity index (χ3v) is 3.21. The van der Waals surface area contributed by atoms with Crippen molar-refractivity contribution in [1.29, 1.82) is 0 Å². The van der Waals surface area contributed by atoms with E-state index in [1.807, 2.05) is 6.92 Å². The lowest BCUT2D eigenvalue weighted by atomic mass is 10.3. The zero-order chi connectivity index (χ0) is 14.0. The molecule has 2 aromatic heterocycles. The topological polar surface area (TPSA) is 57.0 Å². The Labute approximate surface area is 119 Å². The number of halogens is 2. The molecule has 0 amide bonds. The second-order valence-electron chi connectivity index (χ2n) is 3.92. The third kappa shape index (κ3) is 3.05. The largest absolute Gasteiger partial charge is 0.497 e. The second kappa shape index (κ2) is 5.59. The van der Waals surface area contributed by atoms with Crippen LogP contribution in [0, 0.1) is 6.92 Å². The summed E-state index contributed by atoms with van der Waals surface area (Å²) in [7, 11) is 1.57. The molecule has 0 N–H and O–H groups in total. The number of pyridine rings is 1. The Bertz CT molecular complexity index is 671. The molecule has 0 aliphatic rings. The number of hydrogen-bond donors (Lipinski definition) is 0. The van der Waals surface area contributed by atoms with Crippen molar-refractivity contribution >= 4 is 23.2 Å². The van der Waals surface area contributed by atoms with E-state index in [4.69, 9.17) is 27.9 Å². The van der Waals surface area contributed by atoms with E-state index in [1.54, 1.807) is 19.2 Å². The molecule has 19 heavy (non-hydrogen) atoms. The van der Waals surface area contributed by atoms with Crippen molar-refractivity contribution in [2.24, 2.45) is 0 Å². The molecule has 0 radical (unpaired) electrons. The summed E-state index contributed by atoms with van der Waals surface area (Å²) in [5.74, 6) is 0.684. The molecule has 0 saturated carbocycles. The Kier molecular flexibility index (Phi) is 4.07. The second-order valence-corrected chi connectivity index (χ2v) is 4.66. The molecule has 0 saturated heterocycles. The third-order valence-electron chi connectivity index (χ3n) is 2.49. The molecule has 0 fully saturated rings. The number of rotatable bonds is 3. The lowest BCUT2D eigenvalue weighted by molar-refractivity contribution is 0.412. The maximum atomic E-state index is 11.9. The Morgan fingerprint density at radius 1 is 1.37 bits per heavy atom. The molecule has 2 aromatic rings. The molecule has 0 aromatic carbocycles. The van der Waals surface area contributed by atoms with E-state index in [9.17, 15) is 4.79 Å². The van der Waals surface area contributed by atoms with Crippen LogP contribution in [0.5, 0.6) is 5.75 Å². The summed E-state index contributed by atoms with van der Waals surface area (Å²) >= 11 is 11.4. The van der Waals surface area contributed by atoms with E-state index in [0.29, 0.717) is 11.4 Å². The summed E-state index contributed by atoms with van der Waals surface area (Å²) < 4.78 is 6.50. The van der Waals surface area contributed by atoms with Crippen LogP contribution in [0.3, 0.4) is 0 Å². The van der Waals surface area contributed by atoms with E-state index < -0.39 is 5.56 Å². The normalized spacial score (nSPS) is 10.5. The molecule has 0 aliphatic carbocycles. The lowest BCUT2D eigenvalue weighted by Crippen LogP contribution is -2.22. The first-order valence-electron chi connectivity index (χ1n) is 5.43. The number of hydrogen-bond acceptors (Lipinski definition) is 4. The van der Waals surface area contributed by atoms with Gasteiger partial charge in [-0.3, -0.25) is 14.3 Å². The van der Waals surface area contributed by atoms with Gasteiger partial charge in [-0.05, 0) is 6.92 Å². The van der Waals surface area contributed by atoms with Crippen molar-refractivity contribution in [2.45, 2.75) is 13.5 Å². The van der Waals surface area contributed by atoms with Gasteiger partial charge in [0.05, 0.1) is 25.7 Å². The van der Waals surface area contributed by atoms with Crippen molar-refractivity contribution in [2.75, 3.05) is 7.11 Å². The van der Waals surface area contributed by atoms with Gasteiger partial charge in [0, 0.05) is 17.8 Å². The van der Waals surface area contributed by atoms with E-state index in [2.05, 4.69) is 9.97 Å². The van der Waals surface area contributed by atoms with Crippen LogP contribution in [-0.2, 0) is 6.54 Å². The zero-order valence-corrected chi connectivity index (χ0v) is 11.9. The minimum Gasteiger partial charge on any atom is -0.497 e. The number of aryl methyl sites for hydroxylation is 1. The van der Waals surface area contributed by atoms with Crippen molar-refractivity contribution < 1.29 is 4.74 Å². The first-order chi connectivity index (χ1) is 9.01. The van der Waals surface area contributed by atoms with Gasteiger partial charge in [0.15, 0.2) is 5.15 Å². The summed E-state index contributed by atoms with van der Waals surface area (Å²) in [6.07, 6.45) is 1.34. The lowest BCUT2D eigenvalue weighted by Gasteiger charge is -2.08. The average Bonchev–Trinajstić information content (AvgIpc) is 2.39.